The van der Waals surface area contributed by atoms with Crippen LogP contribution in [0.2, 0.25) is 0 Å². The maximum absolute atomic E-state index is 12.8. The number of carbonyl (C=O) groups excluding carboxylic acids is 1. The number of sulfone groups is 1. The molecule has 2 aromatic heterocycles. The van der Waals surface area contributed by atoms with Gasteiger partial charge in [0.2, 0.25) is 0 Å². The number of nitrogens with one attached hydrogen (secondary N) is 1. The Morgan fingerprint density at radius 1 is 1.27 bits per heavy atom. The molecule has 11 heteroatoms. The number of amides is 1. The summed E-state index contributed by atoms with van der Waals surface area (Å²) in [5, 5.41) is 9.40. The van der Waals surface area contributed by atoms with Crippen molar-refractivity contribution in [1.82, 2.24) is 9.97 Å². The molecule has 0 saturated heterocycles. The van der Waals surface area contributed by atoms with Crippen molar-refractivity contribution in [1.29, 1.82) is 0 Å². The zero-order valence-electron chi connectivity index (χ0n) is 15.9. The molecule has 1 saturated carbocycles. The molecule has 0 radical (unpaired) electrons. The van der Waals surface area contributed by atoms with E-state index in [0.717, 1.165) is 9.88 Å². The molecular weight excluding hydrogens is 444 g/mol. The van der Waals surface area contributed by atoms with E-state index in [0.29, 0.717) is 23.5 Å². The number of benzene rings is 1. The maximum Gasteiger partial charge on any atom is 0.280 e. The highest BCUT2D eigenvalue weighted by Crippen LogP contribution is 2.33. The van der Waals surface area contributed by atoms with Gasteiger partial charge in [-0.25, -0.2) is 18.4 Å². The van der Waals surface area contributed by atoms with E-state index in [4.69, 9.17) is 4.84 Å². The summed E-state index contributed by atoms with van der Waals surface area (Å²) in [6.45, 7) is 2.01. The quantitative estimate of drug-likeness (QED) is 0.406. The first-order valence-corrected chi connectivity index (χ1v) is 12.3. The van der Waals surface area contributed by atoms with E-state index in [1.165, 1.54) is 34.8 Å². The zero-order chi connectivity index (χ0) is 21.1. The summed E-state index contributed by atoms with van der Waals surface area (Å²) in [5.41, 5.74) is 0.462. The summed E-state index contributed by atoms with van der Waals surface area (Å²) in [6, 6.07) is 6.13. The molecule has 1 aromatic carbocycles. The second kappa shape index (κ2) is 8.62. The van der Waals surface area contributed by atoms with E-state index in [2.05, 4.69) is 20.4 Å². The molecule has 8 nitrogen and oxygen atoms in total. The van der Waals surface area contributed by atoms with Gasteiger partial charge in [0.05, 0.1) is 10.1 Å². The van der Waals surface area contributed by atoms with Gasteiger partial charge in [-0.3, -0.25) is 10.1 Å². The van der Waals surface area contributed by atoms with Gasteiger partial charge >= 0.3 is 0 Å². The Kier molecular flexibility index (Phi) is 5.93. The summed E-state index contributed by atoms with van der Waals surface area (Å²) >= 11 is 2.76. The third kappa shape index (κ3) is 4.74. The Hall–Kier alpha value is -2.63. The Balaban J connectivity index is 1.57. The number of aryl methyl sites for hydroxylation is 1. The lowest BCUT2D eigenvalue weighted by molar-refractivity contribution is -0.110. The molecule has 1 aliphatic rings. The lowest BCUT2D eigenvalue weighted by Gasteiger charge is -2.08. The normalized spacial score (nSPS) is 14.5. The fourth-order valence-corrected chi connectivity index (χ4v) is 5.48. The van der Waals surface area contributed by atoms with E-state index in [1.54, 1.807) is 24.5 Å². The van der Waals surface area contributed by atoms with Crippen molar-refractivity contribution < 1.29 is 18.0 Å². The second-order valence-corrected chi connectivity index (χ2v) is 11.1. The maximum atomic E-state index is 12.8. The summed E-state index contributed by atoms with van der Waals surface area (Å²) < 4.78 is 24.8. The molecule has 1 aliphatic carbocycles. The average molecular weight is 463 g/mol. The minimum Gasteiger partial charge on any atom is -0.388 e. The molecule has 156 valence electrons. The van der Waals surface area contributed by atoms with Crippen LogP contribution < -0.4 is 5.32 Å². The van der Waals surface area contributed by atoms with Gasteiger partial charge in [-0.15, -0.1) is 22.7 Å². The third-order valence-electron chi connectivity index (χ3n) is 4.30. The molecule has 1 fully saturated rings. The average Bonchev–Trinajstić information content (AvgIpc) is 3.34. The molecule has 0 spiro atoms. The van der Waals surface area contributed by atoms with Gasteiger partial charge in [0.25, 0.3) is 5.91 Å². The van der Waals surface area contributed by atoms with Gasteiger partial charge < -0.3 is 4.84 Å². The number of anilines is 1. The van der Waals surface area contributed by atoms with Gasteiger partial charge in [0.1, 0.15) is 5.01 Å². The fourth-order valence-electron chi connectivity index (χ4n) is 2.64. The highest BCUT2D eigenvalue weighted by Gasteiger charge is 2.36. The first-order valence-electron chi connectivity index (χ1n) is 9.10. The topological polar surface area (TPSA) is 111 Å². The van der Waals surface area contributed by atoms with Gasteiger partial charge in [0, 0.05) is 28.2 Å². The summed E-state index contributed by atoms with van der Waals surface area (Å²) in [5.74, 6) is -0.499. The Bertz CT molecular complexity index is 1160. The second-order valence-electron chi connectivity index (χ2n) is 6.64. The molecule has 0 aliphatic heterocycles. The van der Waals surface area contributed by atoms with Gasteiger partial charge in [-0.05, 0) is 31.9 Å². The van der Waals surface area contributed by atoms with Crippen LogP contribution >= 0.6 is 22.7 Å². The summed E-state index contributed by atoms with van der Waals surface area (Å²) in [6.07, 6.45) is 4.70. The van der Waals surface area contributed by atoms with E-state index >= 15 is 0 Å². The van der Waals surface area contributed by atoms with Crippen molar-refractivity contribution in [2.24, 2.45) is 5.16 Å². The molecule has 30 heavy (non-hydrogen) atoms. The number of thiazole rings is 2. The van der Waals surface area contributed by atoms with Crippen molar-refractivity contribution >= 4 is 49.3 Å². The zero-order valence-corrected chi connectivity index (χ0v) is 18.4. The van der Waals surface area contributed by atoms with Crippen LogP contribution in [0.3, 0.4) is 0 Å². The highest BCUT2D eigenvalue weighted by molar-refractivity contribution is 7.92. The number of hydrogen-bond acceptors (Lipinski definition) is 9. The van der Waals surface area contributed by atoms with E-state index in [-0.39, 0.29) is 22.5 Å². The minimum atomic E-state index is -3.31. The van der Waals surface area contributed by atoms with Crippen molar-refractivity contribution in [2.75, 3.05) is 5.32 Å². The molecule has 0 atom stereocenters. The van der Waals surface area contributed by atoms with Crippen LogP contribution in [-0.2, 0) is 26.1 Å². The smallest absolute Gasteiger partial charge is 0.280 e. The van der Waals surface area contributed by atoms with Crippen LogP contribution in [0, 0.1) is 6.92 Å². The molecule has 3 aromatic rings. The summed E-state index contributed by atoms with van der Waals surface area (Å²) in [7, 11) is -3.31. The highest BCUT2D eigenvalue weighted by atomic mass is 32.2. The van der Waals surface area contributed by atoms with E-state index in [1.807, 2.05) is 12.3 Å². The number of aromatic nitrogens is 2. The number of nitrogens with zero attached hydrogens (tertiary/aromatic N) is 3. The molecule has 2 heterocycles. The van der Waals surface area contributed by atoms with E-state index in [9.17, 15) is 13.2 Å². The van der Waals surface area contributed by atoms with Gasteiger partial charge in [-0.2, -0.15) is 0 Å². The van der Waals surface area contributed by atoms with Crippen LogP contribution in [0.25, 0.3) is 0 Å². The standard InChI is InChI=1S/C19H18N4O4S3/c1-12-10-21-19(29-12)22-18(24)17(23-27-11-16-20-8-9-28-16)13-2-4-14(5-3-13)30(25,26)15-6-7-15/h2-5,8-10,15H,6-7,11H2,1H3,(H,21,22,24)/b23-17+. The number of carbonyl (C=O) groups is 1. The number of hydrogen-bond donors (Lipinski definition) is 1. The number of rotatable bonds is 8. The van der Waals surface area contributed by atoms with Crippen LogP contribution in [0.15, 0.2) is 52.1 Å². The Morgan fingerprint density at radius 2 is 2.03 bits per heavy atom. The Labute approximate surface area is 181 Å². The van der Waals surface area contributed by atoms with Crippen molar-refractivity contribution in [3.05, 3.63) is 57.5 Å². The fraction of sp³-hybridized carbons (Fsp3) is 0.263. The molecule has 0 bridgehead atoms. The van der Waals surface area contributed by atoms with Crippen molar-refractivity contribution in [2.45, 2.75) is 36.5 Å². The Morgan fingerprint density at radius 3 is 2.63 bits per heavy atom. The van der Waals surface area contributed by atoms with Crippen molar-refractivity contribution in [3.63, 3.8) is 0 Å². The van der Waals surface area contributed by atoms with E-state index < -0.39 is 15.7 Å². The van der Waals surface area contributed by atoms with Gasteiger partial charge in [-0.1, -0.05) is 17.3 Å². The third-order valence-corrected chi connectivity index (χ3v) is 8.16. The predicted molar refractivity (Wildman–Crippen MR) is 116 cm³/mol. The van der Waals surface area contributed by atoms with Gasteiger partial charge in [0.15, 0.2) is 27.3 Å². The molecule has 1 N–H and O–H groups in total. The predicted octanol–water partition coefficient (Wildman–Crippen LogP) is 3.40. The SMILES string of the molecule is Cc1cnc(NC(=O)/C(=N/OCc2nccs2)c2ccc(S(=O)(=O)C3CC3)cc2)s1. The monoisotopic (exact) mass is 462 g/mol. The minimum absolute atomic E-state index is 0.0229. The van der Waals surface area contributed by atoms with Crippen LogP contribution in [0.4, 0.5) is 5.13 Å². The van der Waals surface area contributed by atoms with Crippen LogP contribution in [0.5, 0.6) is 0 Å². The molecular formula is C19H18N4O4S3. The summed E-state index contributed by atoms with van der Waals surface area (Å²) in [4.78, 5) is 27.6. The van der Waals surface area contributed by atoms with Crippen molar-refractivity contribution in [3.8, 4) is 0 Å². The lowest BCUT2D eigenvalue weighted by Crippen LogP contribution is -2.24. The first-order chi connectivity index (χ1) is 14.4. The first kappa shape index (κ1) is 20.6. The molecule has 4 rings (SSSR count). The lowest BCUT2D eigenvalue weighted by atomic mass is 10.1. The largest absolute Gasteiger partial charge is 0.388 e. The molecule has 1 amide bonds. The van der Waals surface area contributed by atoms with Crippen LogP contribution in [-0.4, -0.2) is 35.3 Å². The molecule has 0 unspecified atom stereocenters. The number of oxime groups is 1. The van der Waals surface area contributed by atoms with Crippen LogP contribution in [0.1, 0.15) is 28.3 Å².